The summed E-state index contributed by atoms with van der Waals surface area (Å²) >= 11 is 0. The number of hydrogen-bond acceptors (Lipinski definition) is 3. The molecule has 0 aliphatic heterocycles. The third-order valence-electron chi connectivity index (χ3n) is 1.56. The molecular weight excluding hydrogens is 166 g/mol. The molecule has 0 atom stereocenters. The number of rotatable bonds is 1. The smallest absolute Gasteiger partial charge is 0.189 e. The molecule has 2 aromatic rings. The van der Waals surface area contributed by atoms with E-state index in [1.165, 1.54) is 18.6 Å². The molecule has 4 heteroatoms. The van der Waals surface area contributed by atoms with E-state index >= 15 is 0 Å². The summed E-state index contributed by atoms with van der Waals surface area (Å²) in [6.45, 7) is 0. The predicted octanol–water partition coefficient (Wildman–Crippen LogP) is 0.577. The van der Waals surface area contributed by atoms with Gasteiger partial charge in [0.05, 0.1) is 5.56 Å². The Morgan fingerprint density at radius 2 is 2.31 bits per heavy atom. The van der Waals surface area contributed by atoms with Crippen molar-refractivity contribution in [2.45, 2.75) is 0 Å². The monoisotopic (exact) mass is 172 g/mol. The van der Waals surface area contributed by atoms with Crippen molar-refractivity contribution in [1.29, 1.82) is 0 Å². The van der Waals surface area contributed by atoms with E-state index in [-0.39, 0.29) is 0 Å². The molecule has 2 rings (SSSR count). The number of nitrogens with zero attached hydrogens (tertiary/aromatic N) is 3. The van der Waals surface area contributed by atoms with Gasteiger partial charge in [-0.25, -0.2) is 0 Å². The van der Waals surface area contributed by atoms with Gasteiger partial charge in [0.15, 0.2) is 12.4 Å². The lowest BCUT2D eigenvalue weighted by molar-refractivity contribution is -0.604. The van der Waals surface area contributed by atoms with E-state index < -0.39 is 0 Å². The van der Waals surface area contributed by atoms with Crippen LogP contribution in [-0.4, -0.2) is 9.97 Å². The van der Waals surface area contributed by atoms with Crippen molar-refractivity contribution in [1.82, 2.24) is 9.97 Å². The summed E-state index contributed by atoms with van der Waals surface area (Å²) in [6, 6.07) is 3.44. The lowest BCUT2D eigenvalue weighted by Crippen LogP contribution is -2.24. The van der Waals surface area contributed by atoms with Gasteiger partial charge in [0.2, 0.25) is 0 Å². The van der Waals surface area contributed by atoms with Crippen LogP contribution in [0.25, 0.3) is 11.3 Å². The van der Waals surface area contributed by atoms with E-state index in [0.717, 1.165) is 4.73 Å². The first kappa shape index (κ1) is 7.67. The van der Waals surface area contributed by atoms with Gasteiger partial charge in [0.1, 0.15) is 11.9 Å². The van der Waals surface area contributed by atoms with Crippen molar-refractivity contribution in [3.8, 4) is 11.3 Å². The Morgan fingerprint density at radius 1 is 1.38 bits per heavy atom. The minimum Gasteiger partial charge on any atom is -0.619 e. The van der Waals surface area contributed by atoms with E-state index in [1.807, 2.05) is 0 Å². The van der Waals surface area contributed by atoms with Crippen LogP contribution in [0.1, 0.15) is 0 Å². The zero-order valence-electron chi connectivity index (χ0n) is 6.71. The van der Waals surface area contributed by atoms with Crippen LogP contribution in [0.5, 0.6) is 0 Å². The fraction of sp³-hybridized carbons (Fsp3) is 0. The molecule has 0 unspecified atom stereocenters. The lowest BCUT2D eigenvalue weighted by Gasteiger charge is -1.98. The second kappa shape index (κ2) is 3.18. The van der Waals surface area contributed by atoms with Crippen LogP contribution in [-0.2, 0) is 0 Å². The highest BCUT2D eigenvalue weighted by molar-refractivity contribution is 5.54. The third-order valence-corrected chi connectivity index (χ3v) is 1.56. The molecule has 0 aliphatic rings. The van der Waals surface area contributed by atoms with Gasteiger partial charge in [0, 0.05) is 18.5 Å². The quantitative estimate of drug-likeness (QED) is 0.467. The molecule has 0 bridgehead atoms. The summed E-state index contributed by atoms with van der Waals surface area (Å²) in [5, 5.41) is 10.9. The molecule has 0 spiro atoms. The van der Waals surface area contributed by atoms with Gasteiger partial charge < -0.3 is 5.21 Å². The molecule has 2 heterocycles. The highest BCUT2D eigenvalue weighted by atomic mass is 16.5. The summed E-state index contributed by atoms with van der Waals surface area (Å²) in [6.07, 6.45) is 8.65. The van der Waals surface area contributed by atoms with Crippen LogP contribution in [0, 0.1) is 11.4 Å². The van der Waals surface area contributed by atoms with Crippen molar-refractivity contribution in [2.24, 2.45) is 0 Å². The molecule has 0 aliphatic carbocycles. The molecule has 2 aromatic heterocycles. The third kappa shape index (κ3) is 1.61. The maximum absolute atomic E-state index is 10.9. The number of pyridine rings is 1. The van der Waals surface area contributed by atoms with Crippen molar-refractivity contribution >= 4 is 0 Å². The van der Waals surface area contributed by atoms with Crippen LogP contribution in [0.4, 0.5) is 0 Å². The van der Waals surface area contributed by atoms with Gasteiger partial charge in [-0.3, -0.25) is 9.97 Å². The van der Waals surface area contributed by atoms with Gasteiger partial charge in [-0.2, -0.15) is 4.73 Å². The molecule has 13 heavy (non-hydrogen) atoms. The number of aromatic nitrogens is 3. The maximum atomic E-state index is 10.9. The normalized spacial score (nSPS) is 9.85. The Hall–Kier alpha value is -1.97. The Labute approximate surface area is 75.1 Å². The van der Waals surface area contributed by atoms with Crippen LogP contribution >= 0.6 is 0 Å². The zero-order chi connectivity index (χ0) is 9.10. The Morgan fingerprint density at radius 3 is 3.00 bits per heavy atom. The van der Waals surface area contributed by atoms with E-state index in [2.05, 4.69) is 16.2 Å². The van der Waals surface area contributed by atoms with Crippen molar-refractivity contribution in [3.63, 3.8) is 0 Å². The fourth-order valence-corrected chi connectivity index (χ4v) is 1.00. The van der Waals surface area contributed by atoms with Crippen LogP contribution in [0.15, 0.2) is 36.9 Å². The molecule has 63 valence electrons. The molecule has 0 saturated carbocycles. The fourth-order valence-electron chi connectivity index (χ4n) is 1.00. The molecular formula is C9H6N3O. The molecule has 4 nitrogen and oxygen atoms in total. The summed E-state index contributed by atoms with van der Waals surface area (Å²) in [5.74, 6) is 0. The average Bonchev–Trinajstić information content (AvgIpc) is 2.19. The first-order chi connectivity index (χ1) is 6.36. The second-order valence-electron chi connectivity index (χ2n) is 2.47. The van der Waals surface area contributed by atoms with Crippen LogP contribution in [0.3, 0.4) is 0 Å². The topological polar surface area (TPSA) is 52.7 Å². The highest BCUT2D eigenvalue weighted by Crippen LogP contribution is 2.10. The Kier molecular flexibility index (Phi) is 1.88. The van der Waals surface area contributed by atoms with E-state index in [4.69, 9.17) is 0 Å². The Bertz CT molecular complexity index is 403. The van der Waals surface area contributed by atoms with Gasteiger partial charge in [-0.1, -0.05) is 0 Å². The maximum Gasteiger partial charge on any atom is 0.189 e. The second-order valence-corrected chi connectivity index (χ2v) is 2.47. The lowest BCUT2D eigenvalue weighted by atomic mass is 10.2. The predicted molar refractivity (Wildman–Crippen MR) is 45.3 cm³/mol. The molecule has 0 N–H and O–H groups in total. The molecule has 0 fully saturated rings. The zero-order valence-corrected chi connectivity index (χ0v) is 6.71. The standard InChI is InChI=1S/C9H6N3O/c13-12-5-1-2-8(7-12)9-6-10-3-4-11-9/h1-5,7H. The molecule has 0 saturated heterocycles. The minimum absolute atomic E-state index is 0.577. The Balaban J connectivity index is 2.48. The summed E-state index contributed by atoms with van der Waals surface area (Å²) in [5.41, 5.74) is 1.29. The van der Waals surface area contributed by atoms with E-state index in [9.17, 15) is 5.21 Å². The van der Waals surface area contributed by atoms with Crippen LogP contribution < -0.4 is 4.73 Å². The average molecular weight is 172 g/mol. The van der Waals surface area contributed by atoms with Gasteiger partial charge in [-0.15, -0.1) is 0 Å². The molecule has 1 radical (unpaired) electrons. The van der Waals surface area contributed by atoms with Gasteiger partial charge in [-0.05, 0) is 6.07 Å². The van der Waals surface area contributed by atoms with E-state index in [1.54, 1.807) is 18.3 Å². The van der Waals surface area contributed by atoms with E-state index in [0.29, 0.717) is 11.3 Å². The van der Waals surface area contributed by atoms with Crippen molar-refractivity contribution in [3.05, 3.63) is 48.3 Å². The summed E-state index contributed by atoms with van der Waals surface area (Å²) in [7, 11) is 0. The van der Waals surface area contributed by atoms with Gasteiger partial charge >= 0.3 is 0 Å². The van der Waals surface area contributed by atoms with Crippen LogP contribution in [0.2, 0.25) is 0 Å². The largest absolute Gasteiger partial charge is 0.619 e. The van der Waals surface area contributed by atoms with Crippen molar-refractivity contribution < 1.29 is 4.73 Å². The molecule has 0 amide bonds. The number of hydrogen-bond donors (Lipinski definition) is 0. The first-order valence-electron chi connectivity index (χ1n) is 3.74. The first-order valence-corrected chi connectivity index (χ1v) is 3.74. The highest BCUT2D eigenvalue weighted by Gasteiger charge is 2.01. The SMILES string of the molecule is [O-][n+]1cccc(-c2[c]nccn2)c1. The molecule has 0 aromatic carbocycles. The van der Waals surface area contributed by atoms with Gasteiger partial charge in [0.25, 0.3) is 0 Å². The minimum atomic E-state index is 0.577. The van der Waals surface area contributed by atoms with Crippen molar-refractivity contribution in [2.75, 3.05) is 0 Å². The summed E-state index contributed by atoms with van der Waals surface area (Å²) < 4.78 is 0.720. The summed E-state index contributed by atoms with van der Waals surface area (Å²) in [4.78, 5) is 7.81.